The van der Waals surface area contributed by atoms with Gasteiger partial charge in [0, 0.05) is 12.0 Å². The van der Waals surface area contributed by atoms with Gasteiger partial charge in [-0.25, -0.2) is 0 Å². The number of carbonyl (C=O) groups excluding carboxylic acids is 1. The monoisotopic (exact) mass is 152 g/mol. The molecule has 0 saturated carbocycles. The fourth-order valence-corrected chi connectivity index (χ4v) is 0.817. The van der Waals surface area contributed by atoms with Gasteiger partial charge in [-0.15, -0.1) is 0 Å². The van der Waals surface area contributed by atoms with Crippen molar-refractivity contribution in [3.63, 3.8) is 0 Å². The Labute approximate surface area is 64.0 Å². The van der Waals surface area contributed by atoms with Crippen molar-refractivity contribution in [1.29, 1.82) is 0 Å². The van der Waals surface area contributed by atoms with Crippen LogP contribution >= 0.6 is 0 Å². The average Bonchev–Trinajstić information content (AvgIpc) is 2.34. The number of aliphatic hydroxyl groups is 1. The van der Waals surface area contributed by atoms with E-state index in [2.05, 4.69) is 6.58 Å². The minimum absolute atomic E-state index is 0.0227. The van der Waals surface area contributed by atoms with E-state index in [1.807, 2.05) is 0 Å². The summed E-state index contributed by atoms with van der Waals surface area (Å²) in [6.45, 7) is 3.30. The highest BCUT2D eigenvalue weighted by Gasteiger charge is 2.04. The molecule has 1 aromatic rings. The first-order valence-corrected chi connectivity index (χ1v) is 3.12. The number of aldehydes is 1. The Bertz CT molecular complexity index is 273. The van der Waals surface area contributed by atoms with E-state index < -0.39 is 0 Å². The molecule has 0 atom stereocenters. The Balaban J connectivity index is 2.84. The molecule has 3 heteroatoms. The molecule has 0 aliphatic rings. The quantitative estimate of drug-likeness (QED) is 0.529. The number of allylic oxidation sites excluding steroid dienone is 1. The first kappa shape index (κ1) is 7.60. The molecule has 58 valence electrons. The third-order valence-electron chi connectivity index (χ3n) is 1.28. The molecular weight excluding hydrogens is 144 g/mol. The molecule has 0 aliphatic carbocycles. The van der Waals surface area contributed by atoms with E-state index in [1.54, 1.807) is 6.07 Å². The maximum absolute atomic E-state index is 10.3. The number of carbonyl (C=O) groups is 1. The summed E-state index contributed by atoms with van der Waals surface area (Å²) in [6, 6.07) is 1.63. The van der Waals surface area contributed by atoms with Crippen molar-refractivity contribution in [3.8, 4) is 0 Å². The van der Waals surface area contributed by atoms with Gasteiger partial charge in [0.25, 0.3) is 0 Å². The molecule has 1 N–H and O–H groups in total. The summed E-state index contributed by atoms with van der Waals surface area (Å²) < 4.78 is 4.79. The van der Waals surface area contributed by atoms with Crippen LogP contribution < -0.4 is 0 Å². The lowest BCUT2D eigenvalue weighted by Gasteiger charge is -1.93. The van der Waals surface area contributed by atoms with Crippen LogP contribution in [-0.2, 0) is 6.42 Å². The standard InChI is InChI=1S/C8H8O3/c1-6(10)4-7-2-3-11-8(7)5-9/h2-3,5,10H,1,4H2. The van der Waals surface area contributed by atoms with E-state index in [1.165, 1.54) is 6.26 Å². The van der Waals surface area contributed by atoms with Gasteiger partial charge in [-0.3, -0.25) is 4.79 Å². The lowest BCUT2D eigenvalue weighted by molar-refractivity contribution is 0.109. The zero-order chi connectivity index (χ0) is 8.27. The fraction of sp³-hybridized carbons (Fsp3) is 0.125. The molecule has 1 aromatic heterocycles. The minimum Gasteiger partial charge on any atom is -0.513 e. The topological polar surface area (TPSA) is 50.4 Å². The Hall–Kier alpha value is -1.51. The number of rotatable bonds is 3. The molecule has 0 unspecified atom stereocenters. The Morgan fingerprint density at radius 2 is 2.55 bits per heavy atom. The van der Waals surface area contributed by atoms with Crippen LogP contribution in [0.4, 0.5) is 0 Å². The molecule has 0 saturated heterocycles. The van der Waals surface area contributed by atoms with Crippen molar-refractivity contribution in [3.05, 3.63) is 36.0 Å². The van der Waals surface area contributed by atoms with E-state index in [-0.39, 0.29) is 17.9 Å². The van der Waals surface area contributed by atoms with Crippen molar-refractivity contribution in [2.45, 2.75) is 6.42 Å². The molecule has 1 heterocycles. The van der Waals surface area contributed by atoms with Gasteiger partial charge in [-0.1, -0.05) is 6.58 Å². The second-order valence-corrected chi connectivity index (χ2v) is 2.17. The van der Waals surface area contributed by atoms with Gasteiger partial charge in [0.2, 0.25) is 0 Å². The summed E-state index contributed by atoms with van der Waals surface area (Å²) in [7, 11) is 0. The maximum atomic E-state index is 10.3. The van der Waals surface area contributed by atoms with Crippen molar-refractivity contribution in [2.24, 2.45) is 0 Å². The largest absolute Gasteiger partial charge is 0.513 e. The summed E-state index contributed by atoms with van der Waals surface area (Å²) >= 11 is 0. The molecule has 0 aliphatic heterocycles. The Morgan fingerprint density at radius 1 is 1.82 bits per heavy atom. The molecule has 0 amide bonds. The van der Waals surface area contributed by atoms with Crippen LogP contribution in [0, 0.1) is 0 Å². The van der Waals surface area contributed by atoms with E-state index in [4.69, 9.17) is 9.52 Å². The minimum atomic E-state index is 0.0227. The number of hydrogen-bond donors (Lipinski definition) is 1. The Kier molecular flexibility index (Phi) is 2.11. The molecule has 11 heavy (non-hydrogen) atoms. The third kappa shape index (κ3) is 1.70. The zero-order valence-corrected chi connectivity index (χ0v) is 5.91. The van der Waals surface area contributed by atoms with E-state index in [9.17, 15) is 4.79 Å². The second kappa shape index (κ2) is 3.05. The van der Waals surface area contributed by atoms with Crippen LogP contribution in [0.1, 0.15) is 16.1 Å². The first-order chi connectivity index (χ1) is 5.24. The number of hydrogen-bond acceptors (Lipinski definition) is 3. The average molecular weight is 152 g/mol. The SMILES string of the molecule is C=C(O)Cc1ccoc1C=O. The lowest BCUT2D eigenvalue weighted by Crippen LogP contribution is -1.89. The summed E-state index contributed by atoms with van der Waals surface area (Å²) in [5, 5.41) is 8.79. The van der Waals surface area contributed by atoms with Gasteiger partial charge in [0.05, 0.1) is 12.0 Å². The summed E-state index contributed by atoms with van der Waals surface area (Å²) in [5.41, 5.74) is 0.660. The molecule has 1 rings (SSSR count). The van der Waals surface area contributed by atoms with Crippen LogP contribution in [0.5, 0.6) is 0 Å². The molecule has 3 nitrogen and oxygen atoms in total. The summed E-state index contributed by atoms with van der Waals surface area (Å²) in [6.07, 6.45) is 2.28. The molecule has 0 spiro atoms. The lowest BCUT2D eigenvalue weighted by atomic mass is 10.2. The van der Waals surface area contributed by atoms with Crippen molar-refractivity contribution >= 4 is 6.29 Å². The van der Waals surface area contributed by atoms with E-state index in [0.29, 0.717) is 11.8 Å². The van der Waals surface area contributed by atoms with Gasteiger partial charge < -0.3 is 9.52 Å². The predicted octanol–water partition coefficient (Wildman–Crippen LogP) is 1.71. The van der Waals surface area contributed by atoms with Crippen LogP contribution in [0.3, 0.4) is 0 Å². The van der Waals surface area contributed by atoms with Crippen molar-refractivity contribution in [2.75, 3.05) is 0 Å². The molecule has 0 fully saturated rings. The highest BCUT2D eigenvalue weighted by molar-refractivity contribution is 5.73. The summed E-state index contributed by atoms with van der Waals surface area (Å²) in [4.78, 5) is 10.3. The zero-order valence-electron chi connectivity index (χ0n) is 5.91. The van der Waals surface area contributed by atoms with Gasteiger partial charge in [-0.2, -0.15) is 0 Å². The third-order valence-corrected chi connectivity index (χ3v) is 1.28. The van der Waals surface area contributed by atoms with Crippen LogP contribution in [0.15, 0.2) is 29.1 Å². The van der Waals surface area contributed by atoms with Gasteiger partial charge >= 0.3 is 0 Å². The van der Waals surface area contributed by atoms with Crippen LogP contribution in [0.2, 0.25) is 0 Å². The maximum Gasteiger partial charge on any atom is 0.185 e. The van der Waals surface area contributed by atoms with E-state index >= 15 is 0 Å². The Morgan fingerprint density at radius 3 is 3.09 bits per heavy atom. The normalized spacial score (nSPS) is 9.45. The van der Waals surface area contributed by atoms with Crippen molar-refractivity contribution in [1.82, 2.24) is 0 Å². The van der Waals surface area contributed by atoms with Crippen molar-refractivity contribution < 1.29 is 14.3 Å². The molecular formula is C8H8O3. The molecule has 0 bridgehead atoms. The fourth-order valence-electron chi connectivity index (χ4n) is 0.817. The van der Waals surface area contributed by atoms with Crippen LogP contribution in [-0.4, -0.2) is 11.4 Å². The van der Waals surface area contributed by atoms with Gasteiger partial charge in [-0.05, 0) is 6.07 Å². The molecule has 0 aromatic carbocycles. The van der Waals surface area contributed by atoms with Gasteiger partial charge in [0.15, 0.2) is 12.0 Å². The summed E-state index contributed by atoms with van der Waals surface area (Å²) in [5.74, 6) is 0.273. The van der Waals surface area contributed by atoms with Gasteiger partial charge in [0.1, 0.15) is 0 Å². The predicted molar refractivity (Wildman–Crippen MR) is 39.6 cm³/mol. The number of furan rings is 1. The highest BCUT2D eigenvalue weighted by Crippen LogP contribution is 2.10. The van der Waals surface area contributed by atoms with E-state index in [0.717, 1.165) is 0 Å². The first-order valence-electron chi connectivity index (χ1n) is 3.12. The highest BCUT2D eigenvalue weighted by atomic mass is 16.3. The number of aliphatic hydroxyl groups excluding tert-OH is 1. The smallest absolute Gasteiger partial charge is 0.185 e. The van der Waals surface area contributed by atoms with Crippen LogP contribution in [0.25, 0.3) is 0 Å². The second-order valence-electron chi connectivity index (χ2n) is 2.17. The molecule has 0 radical (unpaired) electrons.